The first-order chi connectivity index (χ1) is 17.0. The zero-order valence-electron chi connectivity index (χ0n) is 20.1. The number of aryl methyl sites for hydroxylation is 1. The van der Waals surface area contributed by atoms with Crippen molar-refractivity contribution in [3.05, 3.63) is 70.3 Å². The summed E-state index contributed by atoms with van der Waals surface area (Å²) in [5.74, 6) is 0.467. The molecular weight excluding hydrogens is 442 g/mol. The molecule has 0 spiro atoms. The molecule has 0 aliphatic carbocycles. The van der Waals surface area contributed by atoms with Crippen LogP contribution in [0.5, 0.6) is 5.75 Å². The van der Waals surface area contributed by atoms with E-state index in [2.05, 4.69) is 21.3 Å². The molecule has 0 saturated carbocycles. The number of nitrogens with zero attached hydrogens (tertiary/aromatic N) is 2. The molecule has 180 valence electrons. The Kier molecular flexibility index (Phi) is 6.40. The minimum absolute atomic E-state index is 0.158. The first-order valence-electron chi connectivity index (χ1n) is 12.1. The first kappa shape index (κ1) is 22.9. The number of benzene rings is 2. The maximum atomic E-state index is 12.9. The molecule has 5 rings (SSSR count). The SMILES string of the molecule is COc1ccc2c(C)c(CCC(=O)Nc3ccc(N4CCCCC4)c4ccncc34)c(=O)oc2c1. The van der Waals surface area contributed by atoms with E-state index in [-0.39, 0.29) is 12.3 Å². The topological polar surface area (TPSA) is 84.7 Å². The van der Waals surface area contributed by atoms with Gasteiger partial charge in [0.1, 0.15) is 11.3 Å². The highest BCUT2D eigenvalue weighted by molar-refractivity contribution is 6.06. The van der Waals surface area contributed by atoms with Gasteiger partial charge in [0.15, 0.2) is 0 Å². The zero-order chi connectivity index (χ0) is 24.4. The monoisotopic (exact) mass is 471 g/mol. The summed E-state index contributed by atoms with van der Waals surface area (Å²) in [6.45, 7) is 3.98. The second-order valence-corrected chi connectivity index (χ2v) is 9.00. The maximum Gasteiger partial charge on any atom is 0.339 e. The van der Waals surface area contributed by atoms with Gasteiger partial charge in [-0.2, -0.15) is 0 Å². The van der Waals surface area contributed by atoms with Crippen molar-refractivity contribution in [1.29, 1.82) is 0 Å². The number of fused-ring (bicyclic) bond motifs is 2. The van der Waals surface area contributed by atoms with Crippen LogP contribution in [0, 0.1) is 6.92 Å². The highest BCUT2D eigenvalue weighted by Gasteiger charge is 2.17. The molecule has 0 unspecified atom stereocenters. The number of methoxy groups -OCH3 is 1. The summed E-state index contributed by atoms with van der Waals surface area (Å²) >= 11 is 0. The molecule has 7 nitrogen and oxygen atoms in total. The van der Waals surface area contributed by atoms with Crippen LogP contribution in [0.4, 0.5) is 11.4 Å². The smallest absolute Gasteiger partial charge is 0.339 e. The lowest BCUT2D eigenvalue weighted by Crippen LogP contribution is -2.29. The number of carbonyl (C=O) groups excluding carboxylic acids is 1. The second-order valence-electron chi connectivity index (χ2n) is 9.00. The molecule has 7 heteroatoms. The van der Waals surface area contributed by atoms with Crippen molar-refractivity contribution in [1.82, 2.24) is 4.98 Å². The molecule has 0 radical (unpaired) electrons. The summed E-state index contributed by atoms with van der Waals surface area (Å²) in [5, 5.41) is 5.87. The van der Waals surface area contributed by atoms with Gasteiger partial charge in [0.25, 0.3) is 0 Å². The van der Waals surface area contributed by atoms with E-state index in [1.807, 2.05) is 31.2 Å². The normalized spacial score (nSPS) is 13.8. The van der Waals surface area contributed by atoms with Crippen LogP contribution in [0.15, 0.2) is 58.0 Å². The van der Waals surface area contributed by atoms with E-state index in [1.54, 1.807) is 25.6 Å². The van der Waals surface area contributed by atoms with Gasteiger partial charge < -0.3 is 19.4 Å². The second kappa shape index (κ2) is 9.78. The number of rotatable bonds is 6. The van der Waals surface area contributed by atoms with Gasteiger partial charge >= 0.3 is 5.63 Å². The minimum Gasteiger partial charge on any atom is -0.497 e. The third kappa shape index (κ3) is 4.58. The number of amides is 1. The van der Waals surface area contributed by atoms with Crippen molar-refractivity contribution >= 4 is 39.0 Å². The fourth-order valence-electron chi connectivity index (χ4n) is 4.94. The van der Waals surface area contributed by atoms with Crippen molar-refractivity contribution in [3.8, 4) is 5.75 Å². The van der Waals surface area contributed by atoms with Crippen molar-refractivity contribution in [2.45, 2.75) is 39.0 Å². The minimum atomic E-state index is -0.420. The fraction of sp³-hybridized carbons (Fsp3) is 0.321. The molecule has 1 fully saturated rings. The highest BCUT2D eigenvalue weighted by atomic mass is 16.5. The van der Waals surface area contributed by atoms with Gasteiger partial charge in [0.2, 0.25) is 5.91 Å². The van der Waals surface area contributed by atoms with Crippen molar-refractivity contribution in [2.75, 3.05) is 30.4 Å². The van der Waals surface area contributed by atoms with E-state index in [0.29, 0.717) is 23.3 Å². The van der Waals surface area contributed by atoms with E-state index in [9.17, 15) is 9.59 Å². The fourth-order valence-corrected chi connectivity index (χ4v) is 4.94. The predicted octanol–water partition coefficient (Wildman–Crippen LogP) is 5.22. The number of hydrogen-bond acceptors (Lipinski definition) is 6. The lowest BCUT2D eigenvalue weighted by molar-refractivity contribution is -0.116. The van der Waals surface area contributed by atoms with E-state index in [4.69, 9.17) is 9.15 Å². The highest BCUT2D eigenvalue weighted by Crippen LogP contribution is 2.33. The van der Waals surface area contributed by atoms with Gasteiger partial charge in [0, 0.05) is 65.4 Å². The number of anilines is 2. The van der Waals surface area contributed by atoms with Crippen molar-refractivity contribution < 1.29 is 13.9 Å². The standard InChI is InChI=1S/C28H29N3O4/c1-18-20-7-6-19(34-2)16-26(20)35-28(33)21(18)8-11-27(32)30-24-9-10-25(31-14-4-3-5-15-31)22-12-13-29-17-23(22)24/h6-7,9-10,12-13,16-17H,3-5,8,11,14-15H2,1-2H3,(H,30,32). The number of nitrogens with one attached hydrogen (secondary N) is 1. The Morgan fingerprint density at radius 2 is 1.91 bits per heavy atom. The quantitative estimate of drug-likeness (QED) is 0.388. The van der Waals surface area contributed by atoms with Crippen LogP contribution in [0.1, 0.15) is 36.8 Å². The molecule has 1 saturated heterocycles. The van der Waals surface area contributed by atoms with Crippen LogP contribution in [-0.4, -0.2) is 31.1 Å². The van der Waals surface area contributed by atoms with E-state index in [0.717, 1.165) is 40.5 Å². The van der Waals surface area contributed by atoms with Crippen LogP contribution in [0.3, 0.4) is 0 Å². The molecule has 1 N–H and O–H groups in total. The lowest BCUT2D eigenvalue weighted by atomic mass is 10.0. The Bertz CT molecular complexity index is 1450. The summed E-state index contributed by atoms with van der Waals surface area (Å²) in [7, 11) is 1.57. The van der Waals surface area contributed by atoms with Gasteiger partial charge in [-0.15, -0.1) is 0 Å². The summed E-state index contributed by atoms with van der Waals surface area (Å²) in [6.07, 6.45) is 7.72. The molecular formula is C28H29N3O4. The molecule has 1 amide bonds. The Morgan fingerprint density at radius 3 is 2.71 bits per heavy atom. The van der Waals surface area contributed by atoms with E-state index < -0.39 is 5.63 Å². The Morgan fingerprint density at radius 1 is 1.09 bits per heavy atom. The molecule has 1 aliphatic heterocycles. The Hall–Kier alpha value is -3.87. The predicted molar refractivity (Wildman–Crippen MR) is 139 cm³/mol. The van der Waals surface area contributed by atoms with E-state index >= 15 is 0 Å². The average molecular weight is 472 g/mol. The Labute approximate surface area is 203 Å². The summed E-state index contributed by atoms with van der Waals surface area (Å²) in [6, 6.07) is 11.5. The van der Waals surface area contributed by atoms with Gasteiger partial charge in [-0.05, 0) is 68.5 Å². The number of piperidine rings is 1. The van der Waals surface area contributed by atoms with Crippen LogP contribution < -0.4 is 20.6 Å². The van der Waals surface area contributed by atoms with Crippen LogP contribution in [0.25, 0.3) is 21.7 Å². The molecule has 0 atom stereocenters. The molecule has 0 bridgehead atoms. The largest absolute Gasteiger partial charge is 0.497 e. The third-order valence-electron chi connectivity index (χ3n) is 6.86. The molecule has 3 heterocycles. The van der Waals surface area contributed by atoms with Gasteiger partial charge in [-0.25, -0.2) is 4.79 Å². The molecule has 2 aromatic carbocycles. The van der Waals surface area contributed by atoms with Gasteiger partial charge in [0.05, 0.1) is 12.8 Å². The summed E-state index contributed by atoms with van der Waals surface area (Å²) < 4.78 is 10.7. The molecule has 4 aromatic rings. The number of ether oxygens (including phenoxy) is 1. The number of aromatic nitrogens is 1. The van der Waals surface area contributed by atoms with Crippen LogP contribution >= 0.6 is 0 Å². The molecule has 2 aromatic heterocycles. The first-order valence-corrected chi connectivity index (χ1v) is 12.1. The van der Waals surface area contributed by atoms with Crippen molar-refractivity contribution in [3.63, 3.8) is 0 Å². The molecule has 1 aliphatic rings. The maximum absolute atomic E-state index is 12.9. The third-order valence-corrected chi connectivity index (χ3v) is 6.86. The van der Waals surface area contributed by atoms with Crippen molar-refractivity contribution in [2.24, 2.45) is 0 Å². The average Bonchev–Trinajstić information content (AvgIpc) is 2.89. The van der Waals surface area contributed by atoms with Gasteiger partial charge in [-0.1, -0.05) is 0 Å². The summed E-state index contributed by atoms with van der Waals surface area (Å²) in [5.41, 5.74) is 3.32. The Balaban J connectivity index is 1.35. The lowest BCUT2D eigenvalue weighted by Gasteiger charge is -2.30. The zero-order valence-corrected chi connectivity index (χ0v) is 20.1. The number of pyridine rings is 1. The number of carbonyl (C=O) groups is 1. The van der Waals surface area contributed by atoms with Crippen LogP contribution in [-0.2, 0) is 11.2 Å². The van der Waals surface area contributed by atoms with Gasteiger partial charge in [-0.3, -0.25) is 9.78 Å². The number of hydrogen-bond donors (Lipinski definition) is 1. The van der Waals surface area contributed by atoms with E-state index in [1.165, 1.54) is 24.9 Å². The van der Waals surface area contributed by atoms with Crippen LogP contribution in [0.2, 0.25) is 0 Å². The molecule has 35 heavy (non-hydrogen) atoms. The summed E-state index contributed by atoms with van der Waals surface area (Å²) in [4.78, 5) is 32.2.